The number of hydrogen-bond donors (Lipinski definition) is 1. The smallest absolute Gasteiger partial charge is 0.255 e. The van der Waals surface area contributed by atoms with Gasteiger partial charge in [0.1, 0.15) is 5.82 Å². The molecule has 0 radical (unpaired) electrons. The maximum atomic E-state index is 12.8. The highest BCUT2D eigenvalue weighted by atomic mass is 19.1. The number of hydrogen-bond acceptors (Lipinski definition) is 1. The van der Waals surface area contributed by atoms with E-state index in [1.165, 1.54) is 29.8 Å². The fourth-order valence-electron chi connectivity index (χ4n) is 1.94. The lowest BCUT2D eigenvalue weighted by molar-refractivity contribution is 0.102. The van der Waals surface area contributed by atoms with Gasteiger partial charge in [0, 0.05) is 11.3 Å². The summed E-state index contributed by atoms with van der Waals surface area (Å²) in [6.07, 6.45) is 1.08. The van der Waals surface area contributed by atoms with E-state index in [4.69, 9.17) is 0 Å². The normalized spacial score (nSPS) is 11.9. The third-order valence-corrected chi connectivity index (χ3v) is 3.46. The molecular weight excluding hydrogens is 253 g/mol. The summed E-state index contributed by atoms with van der Waals surface area (Å²) < 4.78 is 12.8. The molecule has 0 fully saturated rings. The van der Waals surface area contributed by atoms with Crippen molar-refractivity contribution in [2.24, 2.45) is 0 Å². The highest BCUT2D eigenvalue weighted by Gasteiger charge is 2.07. The Bertz CT molecular complexity index is 575. The molecule has 1 amide bonds. The van der Waals surface area contributed by atoms with Crippen LogP contribution in [0.15, 0.2) is 48.5 Å². The molecule has 1 N–H and O–H groups in total. The molecule has 3 heteroatoms. The molecule has 104 valence electrons. The third kappa shape index (κ3) is 3.44. The van der Waals surface area contributed by atoms with Gasteiger partial charge in [-0.2, -0.15) is 0 Å². The van der Waals surface area contributed by atoms with E-state index in [0.29, 0.717) is 11.5 Å². The van der Waals surface area contributed by atoms with E-state index in [9.17, 15) is 9.18 Å². The number of rotatable bonds is 4. The first-order chi connectivity index (χ1) is 9.60. The van der Waals surface area contributed by atoms with Crippen LogP contribution in [0.1, 0.15) is 42.1 Å². The van der Waals surface area contributed by atoms with Gasteiger partial charge in [0.25, 0.3) is 5.91 Å². The van der Waals surface area contributed by atoms with Crippen LogP contribution >= 0.6 is 0 Å². The molecule has 2 aromatic carbocycles. The Morgan fingerprint density at radius 1 is 1.10 bits per heavy atom. The summed E-state index contributed by atoms with van der Waals surface area (Å²) in [4.78, 5) is 12.0. The second kappa shape index (κ2) is 6.33. The average molecular weight is 271 g/mol. The Labute approximate surface area is 118 Å². The lowest BCUT2D eigenvalue weighted by Crippen LogP contribution is -2.11. The summed E-state index contributed by atoms with van der Waals surface area (Å²) in [5.41, 5.74) is 2.44. The van der Waals surface area contributed by atoms with Crippen molar-refractivity contribution in [1.29, 1.82) is 0 Å². The van der Waals surface area contributed by atoms with Crippen LogP contribution in [0.5, 0.6) is 0 Å². The van der Waals surface area contributed by atoms with E-state index in [1.54, 1.807) is 0 Å². The van der Waals surface area contributed by atoms with E-state index in [-0.39, 0.29) is 11.7 Å². The van der Waals surface area contributed by atoms with Gasteiger partial charge in [-0.05, 0) is 54.3 Å². The molecule has 0 aliphatic heterocycles. The predicted octanol–water partition coefficient (Wildman–Crippen LogP) is 4.59. The summed E-state index contributed by atoms with van der Waals surface area (Å²) in [5.74, 6) is -0.0717. The molecule has 0 aliphatic rings. The SMILES string of the molecule is CC[C@H](C)c1ccc(NC(=O)c2ccc(F)cc2)cc1. The van der Waals surface area contributed by atoms with Gasteiger partial charge in [-0.3, -0.25) is 4.79 Å². The zero-order chi connectivity index (χ0) is 14.5. The van der Waals surface area contributed by atoms with Gasteiger partial charge in [0.05, 0.1) is 0 Å². The van der Waals surface area contributed by atoms with Crippen LogP contribution in [0.4, 0.5) is 10.1 Å². The molecular formula is C17H18FNO. The lowest BCUT2D eigenvalue weighted by atomic mass is 9.98. The number of anilines is 1. The van der Waals surface area contributed by atoms with Crippen LogP contribution < -0.4 is 5.32 Å². The molecule has 0 aromatic heterocycles. The number of amides is 1. The minimum atomic E-state index is -0.348. The van der Waals surface area contributed by atoms with Crippen LogP contribution in [-0.2, 0) is 0 Å². The van der Waals surface area contributed by atoms with Crippen molar-refractivity contribution in [3.05, 3.63) is 65.5 Å². The zero-order valence-corrected chi connectivity index (χ0v) is 11.7. The van der Waals surface area contributed by atoms with Crippen molar-refractivity contribution in [2.45, 2.75) is 26.2 Å². The Morgan fingerprint density at radius 2 is 1.70 bits per heavy atom. The molecule has 2 aromatic rings. The first kappa shape index (κ1) is 14.3. The van der Waals surface area contributed by atoms with Gasteiger partial charge in [-0.15, -0.1) is 0 Å². The van der Waals surface area contributed by atoms with E-state index in [0.717, 1.165) is 12.1 Å². The van der Waals surface area contributed by atoms with Crippen molar-refractivity contribution in [1.82, 2.24) is 0 Å². The molecule has 0 saturated heterocycles. The summed E-state index contributed by atoms with van der Waals surface area (Å²) in [6, 6.07) is 13.3. The minimum absolute atomic E-state index is 0.235. The highest BCUT2D eigenvalue weighted by molar-refractivity contribution is 6.04. The molecule has 0 bridgehead atoms. The fourth-order valence-corrected chi connectivity index (χ4v) is 1.94. The fraction of sp³-hybridized carbons (Fsp3) is 0.235. The Balaban J connectivity index is 2.06. The van der Waals surface area contributed by atoms with E-state index >= 15 is 0 Å². The monoisotopic (exact) mass is 271 g/mol. The lowest BCUT2D eigenvalue weighted by Gasteiger charge is -2.10. The summed E-state index contributed by atoms with van der Waals surface area (Å²) in [5, 5.41) is 2.80. The first-order valence-electron chi connectivity index (χ1n) is 6.77. The van der Waals surface area contributed by atoms with Gasteiger partial charge >= 0.3 is 0 Å². The van der Waals surface area contributed by atoms with Gasteiger partial charge < -0.3 is 5.32 Å². The van der Waals surface area contributed by atoms with Crippen LogP contribution in [0.2, 0.25) is 0 Å². The van der Waals surface area contributed by atoms with E-state index < -0.39 is 0 Å². The molecule has 1 atom stereocenters. The van der Waals surface area contributed by atoms with Crippen molar-refractivity contribution in [3.8, 4) is 0 Å². The first-order valence-corrected chi connectivity index (χ1v) is 6.77. The maximum Gasteiger partial charge on any atom is 0.255 e. The molecule has 20 heavy (non-hydrogen) atoms. The van der Waals surface area contributed by atoms with Gasteiger partial charge in [-0.1, -0.05) is 26.0 Å². The molecule has 0 heterocycles. The zero-order valence-electron chi connectivity index (χ0n) is 11.7. The number of benzene rings is 2. The van der Waals surface area contributed by atoms with E-state index in [2.05, 4.69) is 19.2 Å². The van der Waals surface area contributed by atoms with Gasteiger partial charge in [0.15, 0.2) is 0 Å². The summed E-state index contributed by atoms with van der Waals surface area (Å²) >= 11 is 0. The third-order valence-electron chi connectivity index (χ3n) is 3.46. The highest BCUT2D eigenvalue weighted by Crippen LogP contribution is 2.20. The largest absolute Gasteiger partial charge is 0.322 e. The van der Waals surface area contributed by atoms with Crippen molar-refractivity contribution in [2.75, 3.05) is 5.32 Å². The van der Waals surface area contributed by atoms with E-state index in [1.807, 2.05) is 24.3 Å². The van der Waals surface area contributed by atoms with Gasteiger partial charge in [0.2, 0.25) is 0 Å². The Morgan fingerprint density at radius 3 is 2.25 bits per heavy atom. The standard InChI is InChI=1S/C17H18FNO/c1-3-12(2)13-6-10-16(11-7-13)19-17(20)14-4-8-15(18)9-5-14/h4-12H,3H2,1-2H3,(H,19,20)/t12-/m0/s1. The van der Waals surface area contributed by atoms with Crippen LogP contribution in [0, 0.1) is 5.82 Å². The molecule has 2 rings (SSSR count). The Hall–Kier alpha value is -2.16. The predicted molar refractivity (Wildman–Crippen MR) is 79.5 cm³/mol. The summed E-state index contributed by atoms with van der Waals surface area (Å²) in [7, 11) is 0. The molecule has 0 saturated carbocycles. The number of carbonyl (C=O) groups excluding carboxylic acids is 1. The second-order valence-electron chi connectivity index (χ2n) is 4.89. The van der Waals surface area contributed by atoms with Gasteiger partial charge in [-0.25, -0.2) is 4.39 Å². The van der Waals surface area contributed by atoms with Crippen molar-refractivity contribution >= 4 is 11.6 Å². The molecule has 0 spiro atoms. The Kier molecular flexibility index (Phi) is 4.51. The van der Waals surface area contributed by atoms with Crippen molar-refractivity contribution < 1.29 is 9.18 Å². The van der Waals surface area contributed by atoms with Crippen LogP contribution in [0.25, 0.3) is 0 Å². The molecule has 2 nitrogen and oxygen atoms in total. The number of carbonyl (C=O) groups is 1. The summed E-state index contributed by atoms with van der Waals surface area (Å²) in [6.45, 7) is 4.32. The number of nitrogens with one attached hydrogen (secondary N) is 1. The second-order valence-corrected chi connectivity index (χ2v) is 4.89. The average Bonchev–Trinajstić information content (AvgIpc) is 2.48. The molecule has 0 unspecified atom stereocenters. The minimum Gasteiger partial charge on any atom is -0.322 e. The topological polar surface area (TPSA) is 29.1 Å². The number of halogens is 1. The maximum absolute atomic E-state index is 12.8. The van der Waals surface area contributed by atoms with Crippen LogP contribution in [-0.4, -0.2) is 5.91 Å². The van der Waals surface area contributed by atoms with Crippen molar-refractivity contribution in [3.63, 3.8) is 0 Å². The molecule has 0 aliphatic carbocycles. The van der Waals surface area contributed by atoms with Crippen LogP contribution in [0.3, 0.4) is 0 Å². The quantitative estimate of drug-likeness (QED) is 0.865.